The van der Waals surface area contributed by atoms with E-state index < -0.39 is 16.2 Å². The van der Waals surface area contributed by atoms with E-state index in [0.717, 1.165) is 13.3 Å². The highest BCUT2D eigenvalue weighted by Gasteiger charge is 2.24. The lowest BCUT2D eigenvalue weighted by atomic mass is 10.1. The van der Waals surface area contributed by atoms with Crippen molar-refractivity contribution in [1.82, 2.24) is 8.96 Å². The van der Waals surface area contributed by atoms with Crippen LogP contribution < -0.4 is 16.2 Å². The number of ether oxygens (including phenoxy) is 1. The third-order valence-corrected chi connectivity index (χ3v) is 4.07. The lowest BCUT2D eigenvalue weighted by Crippen LogP contribution is -2.25. The predicted molar refractivity (Wildman–Crippen MR) is 89.8 cm³/mol. The molecule has 0 fully saturated rings. The van der Waals surface area contributed by atoms with Gasteiger partial charge >= 0.3 is 16.2 Å². The number of esters is 1. The van der Waals surface area contributed by atoms with Crippen LogP contribution in [0.25, 0.3) is 11.1 Å². The molecular weight excluding hydrogens is 350 g/mol. The van der Waals surface area contributed by atoms with Gasteiger partial charge in [-0.15, -0.1) is 0 Å². The molecule has 0 spiro atoms. The van der Waals surface area contributed by atoms with Crippen molar-refractivity contribution in [1.29, 1.82) is 0 Å². The first kappa shape index (κ1) is 18.6. The summed E-state index contributed by atoms with van der Waals surface area (Å²) in [7, 11) is -3.05. The maximum Gasteiger partial charge on any atom is 0.356 e. The molecule has 2 rings (SSSR count). The van der Waals surface area contributed by atoms with Crippen molar-refractivity contribution in [3.8, 4) is 11.1 Å². The van der Waals surface area contributed by atoms with Gasteiger partial charge in [-0.3, -0.25) is 4.79 Å². The zero-order valence-electron chi connectivity index (χ0n) is 13.3. The van der Waals surface area contributed by atoms with Crippen LogP contribution in [0.3, 0.4) is 0 Å². The minimum Gasteiger partial charge on any atom is -0.464 e. The number of amides is 1. The Hall–Kier alpha value is -2.76. The van der Waals surface area contributed by atoms with E-state index in [1.165, 1.54) is 18.3 Å². The Morgan fingerprint density at radius 2 is 2.04 bits per heavy atom. The predicted octanol–water partition coefficient (Wildman–Crippen LogP) is -0.324. The number of aromatic nitrogens is 2. The maximum atomic E-state index is 12.0. The standard InChI is InChI=1S/C14H17N5O5S/c1-24-14(21)13-10(5-7-19(13)25(16,22)23)9-2-3-11(17-8-9)18-12(20)4-6-15/h2-3,5,7-8H,4,6,15H2,1H3,(H2,16,22,23)(H,17,18,20). The quantitative estimate of drug-likeness (QED) is 0.590. The number of nitrogens with one attached hydrogen (secondary N) is 1. The highest BCUT2D eigenvalue weighted by molar-refractivity contribution is 7.87. The number of rotatable bonds is 6. The molecule has 1 amide bonds. The van der Waals surface area contributed by atoms with Gasteiger partial charge in [-0.1, -0.05) is 0 Å². The molecule has 0 saturated heterocycles. The topological polar surface area (TPSA) is 159 Å². The molecule has 2 aromatic rings. The van der Waals surface area contributed by atoms with Crippen LogP contribution in [0.1, 0.15) is 16.9 Å². The van der Waals surface area contributed by atoms with Crippen LogP contribution in [0.5, 0.6) is 0 Å². The fourth-order valence-corrected chi connectivity index (χ4v) is 2.78. The summed E-state index contributed by atoms with van der Waals surface area (Å²) in [6.07, 6.45) is 2.69. The summed E-state index contributed by atoms with van der Waals surface area (Å²) in [5, 5.41) is 7.66. The van der Waals surface area contributed by atoms with Gasteiger partial charge in [-0.2, -0.15) is 8.42 Å². The highest BCUT2D eigenvalue weighted by atomic mass is 32.2. The maximum absolute atomic E-state index is 12.0. The number of carbonyl (C=O) groups is 2. The van der Waals surface area contributed by atoms with E-state index >= 15 is 0 Å². The van der Waals surface area contributed by atoms with Gasteiger partial charge in [-0.05, 0) is 18.2 Å². The van der Waals surface area contributed by atoms with Gasteiger partial charge in [0.1, 0.15) is 5.82 Å². The van der Waals surface area contributed by atoms with Crippen LogP contribution in [-0.4, -0.2) is 42.9 Å². The monoisotopic (exact) mass is 367 g/mol. The van der Waals surface area contributed by atoms with Crippen LogP contribution in [0.15, 0.2) is 30.6 Å². The molecule has 25 heavy (non-hydrogen) atoms. The molecule has 10 nitrogen and oxygen atoms in total. The van der Waals surface area contributed by atoms with Crippen LogP contribution >= 0.6 is 0 Å². The number of anilines is 1. The first-order chi connectivity index (χ1) is 11.8. The van der Waals surface area contributed by atoms with E-state index in [1.807, 2.05) is 0 Å². The molecule has 2 heterocycles. The van der Waals surface area contributed by atoms with Crippen molar-refractivity contribution >= 4 is 27.9 Å². The third kappa shape index (κ3) is 4.21. The van der Waals surface area contributed by atoms with Crippen LogP contribution in [0.4, 0.5) is 5.82 Å². The van der Waals surface area contributed by atoms with Crippen molar-refractivity contribution in [3.63, 3.8) is 0 Å². The molecule has 2 aromatic heterocycles. The Kier molecular flexibility index (Phi) is 5.51. The lowest BCUT2D eigenvalue weighted by molar-refractivity contribution is -0.116. The average molecular weight is 367 g/mol. The number of pyridine rings is 1. The molecule has 134 valence electrons. The fraction of sp³-hybridized carbons (Fsp3) is 0.214. The number of hydrogen-bond donors (Lipinski definition) is 3. The van der Waals surface area contributed by atoms with E-state index in [9.17, 15) is 18.0 Å². The molecule has 0 aliphatic heterocycles. The molecular formula is C14H17N5O5S. The summed E-state index contributed by atoms with van der Waals surface area (Å²) in [5.74, 6) is -0.847. The molecule has 0 saturated carbocycles. The van der Waals surface area contributed by atoms with Crippen molar-refractivity contribution in [2.45, 2.75) is 6.42 Å². The van der Waals surface area contributed by atoms with E-state index in [4.69, 9.17) is 10.9 Å². The summed E-state index contributed by atoms with van der Waals surface area (Å²) in [6.45, 7) is 0.216. The van der Waals surface area contributed by atoms with E-state index in [0.29, 0.717) is 15.4 Å². The minimum absolute atomic E-state index is 0.160. The molecule has 0 aromatic carbocycles. The molecule has 0 radical (unpaired) electrons. The molecule has 0 unspecified atom stereocenters. The highest BCUT2D eigenvalue weighted by Crippen LogP contribution is 2.26. The van der Waals surface area contributed by atoms with Gasteiger partial charge in [0, 0.05) is 36.5 Å². The van der Waals surface area contributed by atoms with Crippen molar-refractivity contribution in [3.05, 3.63) is 36.3 Å². The Bertz CT molecular complexity index is 889. The Morgan fingerprint density at radius 1 is 1.32 bits per heavy atom. The average Bonchev–Trinajstić information content (AvgIpc) is 3.00. The van der Waals surface area contributed by atoms with Crippen molar-refractivity contribution in [2.24, 2.45) is 10.9 Å². The summed E-state index contributed by atoms with van der Waals surface area (Å²) < 4.78 is 28.5. The number of carbonyl (C=O) groups excluding carboxylic acids is 2. The molecule has 5 N–H and O–H groups in total. The Balaban J connectivity index is 2.40. The van der Waals surface area contributed by atoms with Gasteiger partial charge in [-0.25, -0.2) is 18.9 Å². The first-order valence-corrected chi connectivity index (χ1v) is 8.57. The normalized spacial score (nSPS) is 11.2. The second-order valence-electron chi connectivity index (χ2n) is 4.93. The number of methoxy groups -OCH3 is 1. The van der Waals surface area contributed by atoms with E-state index in [2.05, 4.69) is 15.0 Å². The van der Waals surface area contributed by atoms with Gasteiger partial charge in [0.2, 0.25) is 5.91 Å². The summed E-state index contributed by atoms with van der Waals surface area (Å²) in [6, 6.07) is 4.49. The van der Waals surface area contributed by atoms with Crippen molar-refractivity contribution in [2.75, 3.05) is 19.0 Å². The second kappa shape index (κ2) is 7.42. The largest absolute Gasteiger partial charge is 0.464 e. The van der Waals surface area contributed by atoms with Gasteiger partial charge in [0.25, 0.3) is 0 Å². The van der Waals surface area contributed by atoms with Gasteiger partial charge in [0.05, 0.1) is 7.11 Å². The zero-order valence-corrected chi connectivity index (χ0v) is 14.1. The molecule has 0 aliphatic rings. The number of hydrogen-bond acceptors (Lipinski definition) is 7. The number of nitrogens with zero attached hydrogens (tertiary/aromatic N) is 2. The molecule has 0 atom stereocenters. The molecule has 0 bridgehead atoms. The third-order valence-electron chi connectivity index (χ3n) is 3.22. The summed E-state index contributed by atoms with van der Waals surface area (Å²) in [5.41, 5.74) is 5.76. The van der Waals surface area contributed by atoms with Gasteiger partial charge in [0.15, 0.2) is 5.69 Å². The molecule has 0 aliphatic carbocycles. The first-order valence-electron chi connectivity index (χ1n) is 7.07. The van der Waals surface area contributed by atoms with Crippen molar-refractivity contribution < 1.29 is 22.7 Å². The van der Waals surface area contributed by atoms with Crippen LogP contribution in [0.2, 0.25) is 0 Å². The van der Waals surface area contributed by atoms with E-state index in [1.54, 1.807) is 6.07 Å². The zero-order chi connectivity index (χ0) is 18.6. The lowest BCUT2D eigenvalue weighted by Gasteiger charge is -2.08. The van der Waals surface area contributed by atoms with E-state index in [-0.39, 0.29) is 30.1 Å². The molecule has 11 heteroatoms. The van der Waals surface area contributed by atoms with Crippen LogP contribution in [-0.2, 0) is 19.7 Å². The van der Waals surface area contributed by atoms with Gasteiger partial charge < -0.3 is 15.8 Å². The second-order valence-corrected chi connectivity index (χ2v) is 6.35. The van der Waals surface area contributed by atoms with Crippen LogP contribution in [0, 0.1) is 0 Å². The number of nitrogens with two attached hydrogens (primary N) is 2. The smallest absolute Gasteiger partial charge is 0.356 e. The SMILES string of the molecule is COC(=O)c1c(-c2ccc(NC(=O)CCN)nc2)ccn1S(N)(=O)=O. The Morgan fingerprint density at radius 3 is 2.56 bits per heavy atom. The fourth-order valence-electron chi connectivity index (χ4n) is 2.12. The summed E-state index contributed by atoms with van der Waals surface area (Å²) in [4.78, 5) is 27.5. The Labute approximate surface area is 144 Å². The minimum atomic E-state index is -4.18. The summed E-state index contributed by atoms with van der Waals surface area (Å²) >= 11 is 0.